The van der Waals surface area contributed by atoms with Crippen LogP contribution in [-0.4, -0.2) is 26.0 Å². The molecule has 3 rings (SSSR count). The van der Waals surface area contributed by atoms with Crippen molar-refractivity contribution in [2.24, 2.45) is 0 Å². The van der Waals surface area contributed by atoms with Crippen LogP contribution in [0.3, 0.4) is 0 Å². The fourth-order valence-corrected chi connectivity index (χ4v) is 3.12. The molecule has 2 amide bonds. The van der Waals surface area contributed by atoms with Crippen LogP contribution in [0.1, 0.15) is 47.1 Å². The number of rotatable bonds is 6. The van der Waals surface area contributed by atoms with E-state index < -0.39 is 0 Å². The van der Waals surface area contributed by atoms with Crippen LogP contribution in [0.4, 0.5) is 11.4 Å². The first-order valence-corrected chi connectivity index (χ1v) is 10.3. The molecule has 0 fully saturated rings. The molecule has 0 radical (unpaired) electrons. The molecule has 0 atom stereocenters. The number of nitrogens with one attached hydrogen (secondary N) is 2. The topological polar surface area (TPSA) is 76.7 Å². The number of amides is 2. The minimum absolute atomic E-state index is 0.00387. The number of hydrogen-bond donors (Lipinski definition) is 2. The molecule has 0 saturated heterocycles. The second kappa shape index (κ2) is 9.56. The zero-order valence-electron chi connectivity index (χ0n) is 19.0. The number of benzene rings is 3. The van der Waals surface area contributed by atoms with E-state index in [2.05, 4.69) is 31.4 Å². The Morgan fingerprint density at radius 2 is 1.12 bits per heavy atom. The Hall–Kier alpha value is -3.80. The summed E-state index contributed by atoms with van der Waals surface area (Å²) in [5.41, 5.74) is 3.04. The van der Waals surface area contributed by atoms with Crippen molar-refractivity contribution in [1.82, 2.24) is 0 Å². The lowest BCUT2D eigenvalue weighted by molar-refractivity contribution is 0.101. The van der Waals surface area contributed by atoms with E-state index in [1.54, 1.807) is 68.8 Å². The van der Waals surface area contributed by atoms with Gasteiger partial charge in [0, 0.05) is 17.2 Å². The third-order valence-electron chi connectivity index (χ3n) is 5.09. The van der Waals surface area contributed by atoms with Gasteiger partial charge in [-0.3, -0.25) is 9.59 Å². The van der Waals surface area contributed by atoms with Gasteiger partial charge in [-0.1, -0.05) is 32.9 Å². The van der Waals surface area contributed by atoms with Crippen molar-refractivity contribution in [2.75, 3.05) is 24.9 Å². The van der Waals surface area contributed by atoms with Gasteiger partial charge in [-0.15, -0.1) is 0 Å². The Morgan fingerprint density at radius 1 is 0.656 bits per heavy atom. The standard InChI is InChI=1S/C26H28N2O4/c1-26(2,3)19-10-6-17(7-11-19)24(29)27-22-15-14-21(32-5)16-23(22)28-25(30)18-8-12-20(31-4)13-9-18/h6-16H,1-5H3,(H,27,29)(H,28,30). The van der Waals surface area contributed by atoms with E-state index in [1.807, 2.05) is 12.1 Å². The van der Waals surface area contributed by atoms with Gasteiger partial charge in [0.15, 0.2) is 0 Å². The van der Waals surface area contributed by atoms with Gasteiger partial charge in [0.1, 0.15) is 11.5 Å². The maximum absolute atomic E-state index is 12.8. The van der Waals surface area contributed by atoms with Gasteiger partial charge in [-0.05, 0) is 59.5 Å². The van der Waals surface area contributed by atoms with E-state index in [4.69, 9.17) is 9.47 Å². The summed E-state index contributed by atoms with van der Waals surface area (Å²) in [6.07, 6.45) is 0. The molecular formula is C26H28N2O4. The molecule has 166 valence electrons. The van der Waals surface area contributed by atoms with Crippen molar-refractivity contribution in [3.63, 3.8) is 0 Å². The molecule has 0 aliphatic heterocycles. The lowest BCUT2D eigenvalue weighted by Crippen LogP contribution is -2.17. The van der Waals surface area contributed by atoms with Gasteiger partial charge in [0.2, 0.25) is 0 Å². The van der Waals surface area contributed by atoms with Crippen LogP contribution < -0.4 is 20.1 Å². The van der Waals surface area contributed by atoms with Crippen molar-refractivity contribution in [3.8, 4) is 11.5 Å². The Bertz CT molecular complexity index is 1100. The number of carbonyl (C=O) groups is 2. The quantitative estimate of drug-likeness (QED) is 0.539. The summed E-state index contributed by atoms with van der Waals surface area (Å²) in [6, 6.07) is 19.4. The highest BCUT2D eigenvalue weighted by atomic mass is 16.5. The number of ether oxygens (including phenoxy) is 2. The summed E-state index contributed by atoms with van der Waals surface area (Å²) in [5.74, 6) is 0.637. The fraction of sp³-hybridized carbons (Fsp3) is 0.231. The van der Waals surface area contributed by atoms with Gasteiger partial charge in [-0.25, -0.2) is 0 Å². The van der Waals surface area contributed by atoms with E-state index >= 15 is 0 Å². The van der Waals surface area contributed by atoms with Gasteiger partial charge < -0.3 is 20.1 Å². The van der Waals surface area contributed by atoms with Crippen molar-refractivity contribution in [3.05, 3.63) is 83.4 Å². The highest BCUT2D eigenvalue weighted by Gasteiger charge is 2.16. The number of anilines is 2. The smallest absolute Gasteiger partial charge is 0.255 e. The molecule has 0 saturated carbocycles. The van der Waals surface area contributed by atoms with Gasteiger partial charge in [-0.2, -0.15) is 0 Å². The van der Waals surface area contributed by atoms with E-state index in [0.29, 0.717) is 34.0 Å². The van der Waals surface area contributed by atoms with Crippen LogP contribution in [0, 0.1) is 0 Å². The normalized spacial score (nSPS) is 10.9. The summed E-state index contributed by atoms with van der Waals surface area (Å²) < 4.78 is 10.4. The van der Waals surface area contributed by atoms with Gasteiger partial charge in [0.25, 0.3) is 11.8 Å². The summed E-state index contributed by atoms with van der Waals surface area (Å²) in [7, 11) is 3.11. The molecule has 0 aromatic heterocycles. The monoisotopic (exact) mass is 432 g/mol. The molecule has 0 bridgehead atoms. The Labute approximate surface area is 188 Å². The third-order valence-corrected chi connectivity index (χ3v) is 5.09. The summed E-state index contributed by atoms with van der Waals surface area (Å²) >= 11 is 0. The SMILES string of the molecule is COc1ccc(C(=O)Nc2cc(OC)ccc2NC(=O)c2ccc(C(C)(C)C)cc2)cc1. The Kier molecular flexibility index (Phi) is 6.83. The second-order valence-electron chi connectivity index (χ2n) is 8.38. The highest BCUT2D eigenvalue weighted by molar-refractivity contribution is 6.10. The van der Waals surface area contributed by atoms with Crippen molar-refractivity contribution >= 4 is 23.2 Å². The zero-order valence-corrected chi connectivity index (χ0v) is 19.0. The number of carbonyl (C=O) groups excluding carboxylic acids is 2. The first kappa shape index (κ1) is 22.9. The zero-order chi connectivity index (χ0) is 23.3. The van der Waals surface area contributed by atoms with Crippen LogP contribution in [0.25, 0.3) is 0 Å². The average molecular weight is 433 g/mol. The lowest BCUT2D eigenvalue weighted by Gasteiger charge is -2.19. The highest BCUT2D eigenvalue weighted by Crippen LogP contribution is 2.29. The molecule has 6 heteroatoms. The minimum atomic E-state index is -0.314. The molecular weight excluding hydrogens is 404 g/mol. The minimum Gasteiger partial charge on any atom is -0.497 e. The first-order valence-electron chi connectivity index (χ1n) is 10.3. The molecule has 0 spiro atoms. The molecule has 0 heterocycles. The molecule has 0 unspecified atom stereocenters. The maximum atomic E-state index is 12.8. The second-order valence-corrected chi connectivity index (χ2v) is 8.38. The van der Waals surface area contributed by atoms with Crippen molar-refractivity contribution < 1.29 is 19.1 Å². The molecule has 2 N–H and O–H groups in total. The number of methoxy groups -OCH3 is 2. The molecule has 3 aromatic rings. The predicted octanol–water partition coefficient (Wildman–Crippen LogP) is 5.51. The maximum Gasteiger partial charge on any atom is 0.255 e. The largest absolute Gasteiger partial charge is 0.497 e. The molecule has 0 aliphatic carbocycles. The molecule has 32 heavy (non-hydrogen) atoms. The average Bonchev–Trinajstić information content (AvgIpc) is 2.79. The van der Waals surface area contributed by atoms with Crippen molar-refractivity contribution in [2.45, 2.75) is 26.2 Å². The number of hydrogen-bond acceptors (Lipinski definition) is 4. The van der Waals surface area contributed by atoms with Crippen LogP contribution in [0.15, 0.2) is 66.7 Å². The molecule has 6 nitrogen and oxygen atoms in total. The van der Waals surface area contributed by atoms with Gasteiger partial charge >= 0.3 is 0 Å². The summed E-state index contributed by atoms with van der Waals surface area (Å²) in [5, 5.41) is 5.73. The Morgan fingerprint density at radius 3 is 1.62 bits per heavy atom. The van der Waals surface area contributed by atoms with Crippen LogP contribution >= 0.6 is 0 Å². The van der Waals surface area contributed by atoms with Crippen LogP contribution in [-0.2, 0) is 5.41 Å². The third kappa shape index (κ3) is 5.46. The van der Waals surface area contributed by atoms with Crippen LogP contribution in [0.5, 0.6) is 11.5 Å². The molecule has 3 aromatic carbocycles. The lowest BCUT2D eigenvalue weighted by atomic mass is 9.87. The summed E-state index contributed by atoms with van der Waals surface area (Å²) in [6.45, 7) is 6.37. The van der Waals surface area contributed by atoms with E-state index in [-0.39, 0.29) is 17.2 Å². The van der Waals surface area contributed by atoms with E-state index in [0.717, 1.165) is 5.56 Å². The van der Waals surface area contributed by atoms with Gasteiger partial charge in [0.05, 0.1) is 25.6 Å². The van der Waals surface area contributed by atoms with E-state index in [1.165, 1.54) is 0 Å². The van der Waals surface area contributed by atoms with E-state index in [9.17, 15) is 9.59 Å². The van der Waals surface area contributed by atoms with Crippen molar-refractivity contribution in [1.29, 1.82) is 0 Å². The van der Waals surface area contributed by atoms with Crippen LogP contribution in [0.2, 0.25) is 0 Å². The Balaban J connectivity index is 1.82. The first-order chi connectivity index (χ1) is 15.2. The predicted molar refractivity (Wildman–Crippen MR) is 127 cm³/mol. The fourth-order valence-electron chi connectivity index (χ4n) is 3.12. The summed E-state index contributed by atoms with van der Waals surface area (Å²) in [4.78, 5) is 25.6. The molecule has 0 aliphatic rings.